The van der Waals surface area contributed by atoms with Crippen LogP contribution in [0.1, 0.15) is 41.4 Å². The van der Waals surface area contributed by atoms with Gasteiger partial charge < -0.3 is 14.8 Å². The number of amides is 1. The van der Waals surface area contributed by atoms with E-state index in [1.54, 1.807) is 43.3 Å². The first-order chi connectivity index (χ1) is 15.5. The van der Waals surface area contributed by atoms with Crippen molar-refractivity contribution < 1.29 is 14.3 Å². The standard InChI is InChI=1S/C23H23N5O4/c1-4-5-12-28-22(30)19(24-3)15(2)20(23(28)31)27-26-17-10-8-16(9-11-17)21(29)25-14-18-7-6-13-32-18/h6-11,13,30H,4-5,12,14H2,1-2H3,(H,25,29). The Hall–Kier alpha value is -4.19. The molecular formula is C23H23N5O4. The molecule has 0 aliphatic heterocycles. The van der Waals surface area contributed by atoms with Crippen LogP contribution in [0.4, 0.5) is 17.1 Å². The first-order valence-electron chi connectivity index (χ1n) is 10.1. The summed E-state index contributed by atoms with van der Waals surface area (Å²) in [6.07, 6.45) is 3.04. The van der Waals surface area contributed by atoms with Crippen molar-refractivity contribution in [3.05, 3.63) is 81.3 Å². The van der Waals surface area contributed by atoms with Crippen molar-refractivity contribution in [2.45, 2.75) is 39.8 Å². The van der Waals surface area contributed by atoms with Gasteiger partial charge in [0.1, 0.15) is 11.4 Å². The number of hydrogen-bond donors (Lipinski definition) is 2. The molecule has 0 atom stereocenters. The number of carbonyl (C=O) groups is 1. The molecule has 2 aromatic heterocycles. The van der Waals surface area contributed by atoms with E-state index in [0.717, 1.165) is 11.0 Å². The van der Waals surface area contributed by atoms with Gasteiger partial charge in [0.15, 0.2) is 5.88 Å². The maximum atomic E-state index is 12.8. The van der Waals surface area contributed by atoms with E-state index in [1.165, 1.54) is 6.26 Å². The maximum Gasteiger partial charge on any atom is 0.279 e. The average molecular weight is 433 g/mol. The van der Waals surface area contributed by atoms with Crippen LogP contribution in [0.5, 0.6) is 5.88 Å². The molecule has 1 amide bonds. The van der Waals surface area contributed by atoms with E-state index in [-0.39, 0.29) is 41.8 Å². The summed E-state index contributed by atoms with van der Waals surface area (Å²) in [4.78, 5) is 28.4. The SMILES string of the molecule is [C-]#[N+]c1c(C)c(N=Nc2ccc(C(=O)NCc3ccco3)cc2)c(=O)n(CCCC)c1O. The number of carbonyl (C=O) groups excluding carboxylic acids is 1. The van der Waals surface area contributed by atoms with Crippen molar-refractivity contribution in [2.24, 2.45) is 10.2 Å². The van der Waals surface area contributed by atoms with Gasteiger partial charge in [-0.1, -0.05) is 13.3 Å². The molecule has 9 nitrogen and oxygen atoms in total. The fourth-order valence-corrected chi connectivity index (χ4v) is 3.04. The average Bonchev–Trinajstić information content (AvgIpc) is 3.32. The third kappa shape index (κ3) is 4.92. The van der Waals surface area contributed by atoms with E-state index in [0.29, 0.717) is 23.4 Å². The molecule has 2 heterocycles. The molecule has 0 aliphatic rings. The zero-order chi connectivity index (χ0) is 23.1. The number of furan rings is 1. The molecule has 9 heteroatoms. The molecule has 0 radical (unpaired) electrons. The summed E-state index contributed by atoms with van der Waals surface area (Å²) >= 11 is 0. The lowest BCUT2D eigenvalue weighted by Crippen LogP contribution is -2.22. The first kappa shape index (κ1) is 22.5. The molecule has 32 heavy (non-hydrogen) atoms. The fourth-order valence-electron chi connectivity index (χ4n) is 3.04. The van der Waals surface area contributed by atoms with E-state index in [1.807, 2.05) is 6.92 Å². The zero-order valence-corrected chi connectivity index (χ0v) is 17.8. The lowest BCUT2D eigenvalue weighted by atomic mass is 10.2. The van der Waals surface area contributed by atoms with Gasteiger partial charge in [-0.05, 0) is 55.3 Å². The minimum absolute atomic E-state index is 0.00479. The van der Waals surface area contributed by atoms with Crippen LogP contribution in [0.15, 0.2) is 62.1 Å². The van der Waals surface area contributed by atoms with Gasteiger partial charge in [-0.3, -0.25) is 14.2 Å². The van der Waals surface area contributed by atoms with E-state index in [2.05, 4.69) is 20.4 Å². The van der Waals surface area contributed by atoms with Gasteiger partial charge in [0, 0.05) is 12.1 Å². The number of unbranched alkanes of at least 4 members (excludes halogenated alkanes) is 1. The molecular weight excluding hydrogens is 410 g/mol. The highest BCUT2D eigenvalue weighted by Crippen LogP contribution is 2.34. The summed E-state index contributed by atoms with van der Waals surface area (Å²) in [6, 6.07) is 9.92. The molecule has 0 aliphatic carbocycles. The van der Waals surface area contributed by atoms with Crippen LogP contribution < -0.4 is 10.9 Å². The Labute approximate surface area is 184 Å². The second-order valence-corrected chi connectivity index (χ2v) is 7.08. The van der Waals surface area contributed by atoms with E-state index in [9.17, 15) is 14.7 Å². The van der Waals surface area contributed by atoms with Crippen molar-refractivity contribution in [2.75, 3.05) is 0 Å². The smallest absolute Gasteiger partial charge is 0.279 e. The van der Waals surface area contributed by atoms with Gasteiger partial charge in [0.25, 0.3) is 11.5 Å². The second-order valence-electron chi connectivity index (χ2n) is 7.08. The number of aromatic hydroxyl groups is 1. The largest absolute Gasteiger partial charge is 0.503 e. The number of nitrogens with one attached hydrogen (secondary N) is 1. The van der Waals surface area contributed by atoms with Crippen LogP contribution in [-0.2, 0) is 13.1 Å². The molecule has 3 rings (SSSR count). The van der Waals surface area contributed by atoms with Crippen LogP contribution in [0.25, 0.3) is 4.85 Å². The highest BCUT2D eigenvalue weighted by molar-refractivity contribution is 5.94. The molecule has 3 aromatic rings. The Balaban J connectivity index is 1.80. The normalized spacial score (nSPS) is 10.9. The Morgan fingerprint density at radius 3 is 2.62 bits per heavy atom. The minimum Gasteiger partial charge on any atom is -0.503 e. The van der Waals surface area contributed by atoms with E-state index in [4.69, 9.17) is 11.0 Å². The Bertz CT molecular complexity index is 1220. The van der Waals surface area contributed by atoms with Gasteiger partial charge in [-0.25, -0.2) is 4.85 Å². The Morgan fingerprint density at radius 1 is 1.25 bits per heavy atom. The van der Waals surface area contributed by atoms with Crippen LogP contribution >= 0.6 is 0 Å². The maximum absolute atomic E-state index is 12.8. The second kappa shape index (κ2) is 10.2. The number of hydrogen-bond acceptors (Lipinski definition) is 6. The third-order valence-corrected chi connectivity index (χ3v) is 4.87. The molecule has 0 spiro atoms. The topological polar surface area (TPSA) is 114 Å². The first-order valence-corrected chi connectivity index (χ1v) is 10.1. The number of nitrogens with zero attached hydrogens (tertiary/aromatic N) is 4. The number of aromatic nitrogens is 1. The molecule has 0 unspecified atom stereocenters. The summed E-state index contributed by atoms with van der Waals surface area (Å²) in [5.41, 5.74) is 0.632. The van der Waals surface area contributed by atoms with Crippen molar-refractivity contribution in [1.29, 1.82) is 0 Å². The van der Waals surface area contributed by atoms with E-state index < -0.39 is 5.56 Å². The van der Waals surface area contributed by atoms with Crippen molar-refractivity contribution >= 4 is 23.0 Å². The predicted octanol–water partition coefficient (Wildman–Crippen LogP) is 5.15. The van der Waals surface area contributed by atoms with E-state index >= 15 is 0 Å². The van der Waals surface area contributed by atoms with Gasteiger partial charge in [-0.2, -0.15) is 5.11 Å². The predicted molar refractivity (Wildman–Crippen MR) is 119 cm³/mol. The lowest BCUT2D eigenvalue weighted by molar-refractivity contribution is 0.0948. The van der Waals surface area contributed by atoms with Gasteiger partial charge in [-0.15, -0.1) is 5.11 Å². The summed E-state index contributed by atoms with van der Waals surface area (Å²) in [5.74, 6) is 0.0380. The molecule has 0 saturated heterocycles. The lowest BCUT2D eigenvalue weighted by Gasteiger charge is -2.12. The highest BCUT2D eigenvalue weighted by Gasteiger charge is 2.19. The highest BCUT2D eigenvalue weighted by atomic mass is 16.3. The quantitative estimate of drug-likeness (QED) is 0.378. The zero-order valence-electron chi connectivity index (χ0n) is 17.8. The summed E-state index contributed by atoms with van der Waals surface area (Å²) < 4.78 is 6.34. The molecule has 164 valence electrons. The van der Waals surface area contributed by atoms with Crippen LogP contribution in [0.2, 0.25) is 0 Å². The molecule has 0 bridgehead atoms. The minimum atomic E-state index is -0.501. The fraction of sp³-hybridized carbons (Fsp3) is 0.261. The summed E-state index contributed by atoms with van der Waals surface area (Å²) in [7, 11) is 0. The molecule has 0 fully saturated rings. The van der Waals surface area contributed by atoms with Gasteiger partial charge in [0.05, 0.1) is 25.1 Å². The molecule has 1 aromatic carbocycles. The molecule has 0 saturated carbocycles. The van der Waals surface area contributed by atoms with Gasteiger partial charge in [0.2, 0.25) is 5.69 Å². The van der Waals surface area contributed by atoms with Crippen LogP contribution in [0, 0.1) is 13.5 Å². The Kier molecular flexibility index (Phi) is 7.18. The number of benzene rings is 1. The van der Waals surface area contributed by atoms with Crippen LogP contribution in [0.3, 0.4) is 0 Å². The number of rotatable bonds is 8. The summed E-state index contributed by atoms with van der Waals surface area (Å²) in [6.45, 7) is 11.4. The molecule has 2 N–H and O–H groups in total. The number of pyridine rings is 1. The van der Waals surface area contributed by atoms with Crippen molar-refractivity contribution in [3.63, 3.8) is 0 Å². The van der Waals surface area contributed by atoms with Crippen molar-refractivity contribution in [3.8, 4) is 5.88 Å². The summed E-state index contributed by atoms with van der Waals surface area (Å²) in [5, 5.41) is 21.2. The van der Waals surface area contributed by atoms with Crippen molar-refractivity contribution in [1.82, 2.24) is 9.88 Å². The third-order valence-electron chi connectivity index (χ3n) is 4.87. The number of azo groups is 1. The monoisotopic (exact) mass is 433 g/mol. The Morgan fingerprint density at radius 2 is 2.00 bits per heavy atom. The van der Waals surface area contributed by atoms with Crippen LogP contribution in [-0.4, -0.2) is 15.6 Å². The van der Waals surface area contributed by atoms with Gasteiger partial charge >= 0.3 is 0 Å².